The SMILES string of the molecule is Cc1cnccc1-c1cc(=O)[nH]c(-c2ccccc2)n1. The number of nitrogens with one attached hydrogen (secondary N) is 1. The molecular weight excluding hydrogens is 250 g/mol. The van der Waals surface area contributed by atoms with Gasteiger partial charge in [0.05, 0.1) is 5.69 Å². The van der Waals surface area contributed by atoms with Crippen LogP contribution in [0.2, 0.25) is 0 Å². The molecule has 0 aliphatic rings. The molecule has 2 heterocycles. The van der Waals surface area contributed by atoms with E-state index in [1.807, 2.05) is 43.3 Å². The minimum Gasteiger partial charge on any atom is -0.306 e. The third-order valence-corrected chi connectivity index (χ3v) is 3.09. The average molecular weight is 263 g/mol. The number of aromatic amines is 1. The average Bonchev–Trinajstić information content (AvgIpc) is 2.48. The number of benzene rings is 1. The Bertz CT molecular complexity index is 794. The standard InChI is InChI=1S/C16H13N3O/c1-11-10-17-8-7-13(11)14-9-15(20)19-16(18-14)12-5-3-2-4-6-12/h2-10H,1H3,(H,18,19,20). The first-order valence-electron chi connectivity index (χ1n) is 6.32. The van der Waals surface area contributed by atoms with E-state index >= 15 is 0 Å². The second kappa shape index (κ2) is 5.09. The van der Waals surface area contributed by atoms with E-state index < -0.39 is 0 Å². The molecule has 1 aromatic carbocycles. The minimum atomic E-state index is -0.162. The van der Waals surface area contributed by atoms with Crippen molar-refractivity contribution < 1.29 is 0 Å². The van der Waals surface area contributed by atoms with Crippen LogP contribution in [0.4, 0.5) is 0 Å². The molecule has 1 N–H and O–H groups in total. The van der Waals surface area contributed by atoms with Gasteiger partial charge in [0.25, 0.3) is 5.56 Å². The molecule has 0 fully saturated rings. The van der Waals surface area contributed by atoms with Gasteiger partial charge in [-0.15, -0.1) is 0 Å². The fourth-order valence-electron chi connectivity index (χ4n) is 2.09. The lowest BCUT2D eigenvalue weighted by Gasteiger charge is -2.06. The van der Waals surface area contributed by atoms with Crippen molar-refractivity contribution in [3.05, 3.63) is 70.8 Å². The molecule has 98 valence electrons. The third kappa shape index (κ3) is 2.36. The van der Waals surface area contributed by atoms with Gasteiger partial charge in [0.15, 0.2) is 0 Å². The number of hydrogen-bond acceptors (Lipinski definition) is 3. The number of pyridine rings is 1. The van der Waals surface area contributed by atoms with Crippen molar-refractivity contribution in [3.63, 3.8) is 0 Å². The van der Waals surface area contributed by atoms with Crippen LogP contribution in [0.1, 0.15) is 5.56 Å². The van der Waals surface area contributed by atoms with E-state index in [0.717, 1.165) is 16.7 Å². The van der Waals surface area contributed by atoms with Gasteiger partial charge in [-0.1, -0.05) is 30.3 Å². The summed E-state index contributed by atoms with van der Waals surface area (Å²) < 4.78 is 0. The molecule has 0 spiro atoms. The van der Waals surface area contributed by atoms with Crippen molar-refractivity contribution in [3.8, 4) is 22.6 Å². The van der Waals surface area contributed by atoms with E-state index in [1.165, 1.54) is 6.07 Å². The molecule has 3 rings (SSSR count). The Morgan fingerprint density at radius 1 is 1.10 bits per heavy atom. The van der Waals surface area contributed by atoms with Crippen LogP contribution in [0.3, 0.4) is 0 Å². The summed E-state index contributed by atoms with van der Waals surface area (Å²) in [5.74, 6) is 0.573. The lowest BCUT2D eigenvalue weighted by molar-refractivity contribution is 1.12. The molecule has 4 heteroatoms. The number of aryl methyl sites for hydroxylation is 1. The normalized spacial score (nSPS) is 10.4. The van der Waals surface area contributed by atoms with Gasteiger partial charge in [-0.05, 0) is 18.6 Å². The van der Waals surface area contributed by atoms with Crippen molar-refractivity contribution in [2.24, 2.45) is 0 Å². The summed E-state index contributed by atoms with van der Waals surface area (Å²) in [5.41, 5.74) is 3.30. The van der Waals surface area contributed by atoms with E-state index in [0.29, 0.717) is 11.5 Å². The van der Waals surface area contributed by atoms with Crippen LogP contribution in [-0.4, -0.2) is 15.0 Å². The molecule has 0 aliphatic heterocycles. The van der Waals surface area contributed by atoms with Gasteiger partial charge in [-0.2, -0.15) is 0 Å². The van der Waals surface area contributed by atoms with Crippen LogP contribution < -0.4 is 5.56 Å². The first kappa shape index (κ1) is 12.3. The minimum absolute atomic E-state index is 0.162. The second-order valence-corrected chi connectivity index (χ2v) is 4.54. The van der Waals surface area contributed by atoms with Gasteiger partial charge >= 0.3 is 0 Å². The zero-order chi connectivity index (χ0) is 13.9. The Morgan fingerprint density at radius 3 is 2.65 bits per heavy atom. The predicted molar refractivity (Wildman–Crippen MR) is 78.3 cm³/mol. The number of aromatic nitrogens is 3. The molecular formula is C16H13N3O. The van der Waals surface area contributed by atoms with Crippen molar-refractivity contribution in [2.45, 2.75) is 6.92 Å². The van der Waals surface area contributed by atoms with Gasteiger partial charge in [-0.25, -0.2) is 4.98 Å². The van der Waals surface area contributed by atoms with Crippen molar-refractivity contribution in [2.75, 3.05) is 0 Å². The summed E-state index contributed by atoms with van der Waals surface area (Å²) >= 11 is 0. The Morgan fingerprint density at radius 2 is 1.90 bits per heavy atom. The highest BCUT2D eigenvalue weighted by molar-refractivity contribution is 5.65. The molecule has 0 saturated heterocycles. The largest absolute Gasteiger partial charge is 0.306 e. The van der Waals surface area contributed by atoms with Crippen LogP contribution in [0.25, 0.3) is 22.6 Å². The number of hydrogen-bond donors (Lipinski definition) is 1. The molecule has 0 radical (unpaired) electrons. The van der Waals surface area contributed by atoms with E-state index in [9.17, 15) is 4.79 Å². The van der Waals surface area contributed by atoms with Crippen LogP contribution >= 0.6 is 0 Å². The molecule has 0 bridgehead atoms. The number of rotatable bonds is 2. The van der Waals surface area contributed by atoms with Crippen LogP contribution in [-0.2, 0) is 0 Å². The maximum atomic E-state index is 11.9. The lowest BCUT2D eigenvalue weighted by Crippen LogP contribution is -2.08. The van der Waals surface area contributed by atoms with Gasteiger partial charge < -0.3 is 4.98 Å². The maximum Gasteiger partial charge on any atom is 0.251 e. The molecule has 0 atom stereocenters. The molecule has 0 saturated carbocycles. The second-order valence-electron chi connectivity index (χ2n) is 4.54. The van der Waals surface area contributed by atoms with E-state index in [2.05, 4.69) is 15.0 Å². The van der Waals surface area contributed by atoms with E-state index in [4.69, 9.17) is 0 Å². The van der Waals surface area contributed by atoms with Gasteiger partial charge in [0, 0.05) is 29.6 Å². The molecule has 0 aliphatic carbocycles. The van der Waals surface area contributed by atoms with Crippen molar-refractivity contribution in [1.29, 1.82) is 0 Å². The van der Waals surface area contributed by atoms with Crippen molar-refractivity contribution in [1.82, 2.24) is 15.0 Å². The Hall–Kier alpha value is -2.75. The first-order chi connectivity index (χ1) is 9.74. The smallest absolute Gasteiger partial charge is 0.251 e. The van der Waals surface area contributed by atoms with Crippen LogP contribution in [0.15, 0.2) is 59.7 Å². The summed E-state index contributed by atoms with van der Waals surface area (Å²) in [5, 5.41) is 0. The summed E-state index contributed by atoms with van der Waals surface area (Å²) in [7, 11) is 0. The maximum absolute atomic E-state index is 11.9. The predicted octanol–water partition coefficient (Wildman–Crippen LogP) is 2.81. The summed E-state index contributed by atoms with van der Waals surface area (Å²) in [6, 6.07) is 13.0. The molecule has 2 aromatic heterocycles. The Balaban J connectivity index is 2.18. The van der Waals surface area contributed by atoms with Crippen LogP contribution in [0.5, 0.6) is 0 Å². The highest BCUT2D eigenvalue weighted by Gasteiger charge is 2.07. The van der Waals surface area contributed by atoms with E-state index in [-0.39, 0.29) is 5.56 Å². The fourth-order valence-corrected chi connectivity index (χ4v) is 2.09. The zero-order valence-corrected chi connectivity index (χ0v) is 11.0. The number of nitrogens with zero attached hydrogens (tertiary/aromatic N) is 2. The van der Waals surface area contributed by atoms with Gasteiger partial charge in [0.1, 0.15) is 5.82 Å². The first-order valence-corrected chi connectivity index (χ1v) is 6.32. The van der Waals surface area contributed by atoms with E-state index in [1.54, 1.807) is 12.4 Å². The highest BCUT2D eigenvalue weighted by Crippen LogP contribution is 2.21. The van der Waals surface area contributed by atoms with Crippen molar-refractivity contribution >= 4 is 0 Å². The quantitative estimate of drug-likeness (QED) is 0.773. The zero-order valence-electron chi connectivity index (χ0n) is 11.0. The molecule has 0 unspecified atom stereocenters. The monoisotopic (exact) mass is 263 g/mol. The third-order valence-electron chi connectivity index (χ3n) is 3.09. The number of H-pyrrole nitrogens is 1. The Kier molecular flexibility index (Phi) is 3.13. The molecule has 0 amide bonds. The molecule has 3 aromatic rings. The summed E-state index contributed by atoms with van der Waals surface area (Å²) in [4.78, 5) is 23.2. The highest BCUT2D eigenvalue weighted by atomic mass is 16.1. The van der Waals surface area contributed by atoms with Crippen LogP contribution in [0, 0.1) is 6.92 Å². The summed E-state index contributed by atoms with van der Waals surface area (Å²) in [6.07, 6.45) is 3.47. The lowest BCUT2D eigenvalue weighted by atomic mass is 10.1. The fraction of sp³-hybridized carbons (Fsp3) is 0.0625. The van der Waals surface area contributed by atoms with Gasteiger partial charge in [-0.3, -0.25) is 9.78 Å². The Labute approximate surface area is 116 Å². The molecule has 20 heavy (non-hydrogen) atoms. The summed E-state index contributed by atoms with van der Waals surface area (Å²) in [6.45, 7) is 1.95. The molecule has 4 nitrogen and oxygen atoms in total. The van der Waals surface area contributed by atoms with Gasteiger partial charge in [0.2, 0.25) is 0 Å². The topological polar surface area (TPSA) is 58.6 Å².